The van der Waals surface area contributed by atoms with E-state index in [0.29, 0.717) is 23.8 Å². The first kappa shape index (κ1) is 16.6. The van der Waals surface area contributed by atoms with E-state index in [1.807, 2.05) is 11.0 Å². The van der Waals surface area contributed by atoms with Crippen molar-refractivity contribution >= 4 is 22.7 Å². The highest BCUT2D eigenvalue weighted by Crippen LogP contribution is 2.31. The maximum absolute atomic E-state index is 12.8. The van der Waals surface area contributed by atoms with Crippen LogP contribution in [0.25, 0.3) is 11.0 Å². The van der Waals surface area contributed by atoms with E-state index in [4.69, 9.17) is 5.73 Å². The summed E-state index contributed by atoms with van der Waals surface area (Å²) < 4.78 is 39.8. The van der Waals surface area contributed by atoms with Gasteiger partial charge in [-0.1, -0.05) is 0 Å². The van der Waals surface area contributed by atoms with Gasteiger partial charge in [0.05, 0.1) is 11.4 Å². The second-order valence-corrected chi connectivity index (χ2v) is 6.23. The Kier molecular flexibility index (Phi) is 3.89. The molecule has 0 spiro atoms. The monoisotopic (exact) mass is 363 g/mol. The second kappa shape index (κ2) is 6.11. The van der Waals surface area contributed by atoms with Gasteiger partial charge in [0.15, 0.2) is 11.3 Å². The normalized spacial score (nSPS) is 18.4. The lowest BCUT2D eigenvalue weighted by atomic mass is 10.1. The maximum Gasteiger partial charge on any atom is 0.435 e. The van der Waals surface area contributed by atoms with Crippen LogP contribution in [0.4, 0.5) is 24.8 Å². The maximum atomic E-state index is 12.8. The van der Waals surface area contributed by atoms with Crippen molar-refractivity contribution in [3.63, 3.8) is 0 Å². The van der Waals surface area contributed by atoms with Gasteiger partial charge in [-0.05, 0) is 31.0 Å². The molecule has 0 aliphatic carbocycles. The summed E-state index contributed by atoms with van der Waals surface area (Å²) in [6.07, 6.45) is -0.0573. The Hall–Kier alpha value is -2.91. The minimum Gasteiger partial charge on any atom is -0.384 e. The van der Waals surface area contributed by atoms with Crippen LogP contribution in [0.3, 0.4) is 0 Å². The fourth-order valence-electron chi connectivity index (χ4n) is 3.25. The molecule has 2 N–H and O–H groups in total. The molecule has 10 heteroatoms. The highest BCUT2D eigenvalue weighted by molar-refractivity contribution is 5.87. The van der Waals surface area contributed by atoms with Crippen LogP contribution in [0, 0.1) is 0 Å². The van der Waals surface area contributed by atoms with Gasteiger partial charge in [0, 0.05) is 19.3 Å². The Morgan fingerprint density at radius 2 is 2.00 bits per heavy atom. The molecule has 1 aliphatic rings. The van der Waals surface area contributed by atoms with Gasteiger partial charge < -0.3 is 10.6 Å². The minimum absolute atomic E-state index is 0.161. The van der Waals surface area contributed by atoms with E-state index < -0.39 is 11.9 Å². The molecule has 0 amide bonds. The number of nitrogens with two attached hydrogens (primary N) is 1. The van der Waals surface area contributed by atoms with Crippen molar-refractivity contribution in [2.75, 3.05) is 23.7 Å². The SMILES string of the molecule is Nc1ccc2c(N3CCCC(n4ccc(C(F)(F)F)n4)C3)ncnc2n1. The molecular weight excluding hydrogens is 347 g/mol. The van der Waals surface area contributed by atoms with Gasteiger partial charge in [-0.15, -0.1) is 0 Å². The number of pyridine rings is 1. The third-order valence-corrected chi connectivity index (χ3v) is 4.47. The summed E-state index contributed by atoms with van der Waals surface area (Å²) in [7, 11) is 0. The molecule has 1 fully saturated rings. The number of nitrogen functional groups attached to an aromatic ring is 1. The van der Waals surface area contributed by atoms with Crippen molar-refractivity contribution in [3.05, 3.63) is 36.4 Å². The third-order valence-electron chi connectivity index (χ3n) is 4.47. The van der Waals surface area contributed by atoms with Crippen LogP contribution in [0.15, 0.2) is 30.7 Å². The number of hydrogen-bond acceptors (Lipinski definition) is 6. The predicted octanol–water partition coefficient (Wildman–Crippen LogP) is 2.66. The van der Waals surface area contributed by atoms with Gasteiger partial charge in [0.25, 0.3) is 0 Å². The van der Waals surface area contributed by atoms with Crippen molar-refractivity contribution in [2.24, 2.45) is 0 Å². The molecule has 0 bridgehead atoms. The Balaban J connectivity index is 1.62. The summed E-state index contributed by atoms with van der Waals surface area (Å²) in [5, 5.41) is 4.47. The summed E-state index contributed by atoms with van der Waals surface area (Å²) >= 11 is 0. The zero-order valence-electron chi connectivity index (χ0n) is 13.7. The molecular formula is C16H16F3N7. The molecule has 7 nitrogen and oxygen atoms in total. The summed E-state index contributed by atoms with van der Waals surface area (Å²) in [6, 6.07) is 4.34. The Bertz CT molecular complexity index is 937. The molecule has 26 heavy (non-hydrogen) atoms. The highest BCUT2D eigenvalue weighted by atomic mass is 19.4. The summed E-state index contributed by atoms with van der Waals surface area (Å²) in [5.41, 5.74) is 5.32. The molecule has 136 valence electrons. The van der Waals surface area contributed by atoms with Crippen LogP contribution in [0.5, 0.6) is 0 Å². The molecule has 0 radical (unpaired) electrons. The van der Waals surface area contributed by atoms with Crippen molar-refractivity contribution in [1.29, 1.82) is 0 Å². The quantitative estimate of drug-likeness (QED) is 0.753. The highest BCUT2D eigenvalue weighted by Gasteiger charge is 2.34. The first-order valence-corrected chi connectivity index (χ1v) is 8.16. The van der Waals surface area contributed by atoms with E-state index >= 15 is 0 Å². The Morgan fingerprint density at radius 1 is 1.15 bits per heavy atom. The number of nitrogens with zero attached hydrogens (tertiary/aromatic N) is 6. The zero-order chi connectivity index (χ0) is 18.3. The molecule has 1 saturated heterocycles. The number of piperidine rings is 1. The minimum atomic E-state index is -4.44. The van der Waals surface area contributed by atoms with Gasteiger partial charge in [-0.25, -0.2) is 15.0 Å². The summed E-state index contributed by atoms with van der Waals surface area (Å²) in [6.45, 7) is 1.26. The largest absolute Gasteiger partial charge is 0.435 e. The molecule has 3 aromatic rings. The fraction of sp³-hybridized carbons (Fsp3) is 0.375. The molecule has 4 heterocycles. The van der Waals surface area contributed by atoms with E-state index in [1.54, 1.807) is 6.07 Å². The van der Waals surface area contributed by atoms with Crippen LogP contribution < -0.4 is 10.6 Å². The summed E-state index contributed by atoms with van der Waals surface area (Å²) in [5.74, 6) is 1.07. The first-order valence-electron chi connectivity index (χ1n) is 8.16. The second-order valence-electron chi connectivity index (χ2n) is 6.23. The van der Waals surface area contributed by atoms with E-state index in [2.05, 4.69) is 20.1 Å². The van der Waals surface area contributed by atoms with Crippen LogP contribution in [-0.2, 0) is 6.18 Å². The molecule has 1 atom stereocenters. The van der Waals surface area contributed by atoms with E-state index in [9.17, 15) is 13.2 Å². The molecule has 0 saturated carbocycles. The van der Waals surface area contributed by atoms with Crippen LogP contribution in [0.2, 0.25) is 0 Å². The van der Waals surface area contributed by atoms with Gasteiger partial charge in [-0.3, -0.25) is 4.68 Å². The topological polar surface area (TPSA) is 85.8 Å². The molecule has 0 aromatic carbocycles. The van der Waals surface area contributed by atoms with Gasteiger partial charge in [-0.2, -0.15) is 18.3 Å². The number of anilines is 2. The van der Waals surface area contributed by atoms with Crippen molar-refractivity contribution < 1.29 is 13.2 Å². The predicted molar refractivity (Wildman–Crippen MR) is 89.5 cm³/mol. The van der Waals surface area contributed by atoms with Crippen LogP contribution in [0.1, 0.15) is 24.6 Å². The molecule has 3 aromatic heterocycles. The lowest BCUT2D eigenvalue weighted by molar-refractivity contribution is -0.141. The van der Waals surface area contributed by atoms with Crippen molar-refractivity contribution in [3.8, 4) is 0 Å². The molecule has 4 rings (SSSR count). The van der Waals surface area contributed by atoms with Gasteiger partial charge in [0.1, 0.15) is 18.0 Å². The van der Waals surface area contributed by atoms with Gasteiger partial charge in [0.2, 0.25) is 0 Å². The number of hydrogen-bond donors (Lipinski definition) is 1. The third kappa shape index (κ3) is 3.02. The standard InChI is InChI=1S/C16H16F3N7/c17-16(18,19)12-5-7-26(24-12)10-2-1-6-25(8-10)15-11-3-4-13(20)23-14(11)21-9-22-15/h3-5,7,9-10H,1-2,6,8H2,(H2,20,21,22,23). The van der Waals surface area contributed by atoms with Crippen LogP contribution >= 0.6 is 0 Å². The molecule has 1 aliphatic heterocycles. The Morgan fingerprint density at radius 3 is 2.77 bits per heavy atom. The van der Waals surface area contributed by atoms with E-state index in [0.717, 1.165) is 30.8 Å². The smallest absolute Gasteiger partial charge is 0.384 e. The van der Waals surface area contributed by atoms with E-state index in [1.165, 1.54) is 17.2 Å². The number of fused-ring (bicyclic) bond motifs is 1. The van der Waals surface area contributed by atoms with Crippen molar-refractivity contribution in [2.45, 2.75) is 25.1 Å². The summed E-state index contributed by atoms with van der Waals surface area (Å²) in [4.78, 5) is 14.7. The zero-order valence-corrected chi connectivity index (χ0v) is 13.7. The average molecular weight is 363 g/mol. The first-order chi connectivity index (χ1) is 12.4. The van der Waals surface area contributed by atoms with Gasteiger partial charge >= 0.3 is 6.18 Å². The van der Waals surface area contributed by atoms with Crippen molar-refractivity contribution in [1.82, 2.24) is 24.7 Å². The number of rotatable bonds is 2. The van der Waals surface area contributed by atoms with E-state index in [-0.39, 0.29) is 6.04 Å². The lowest BCUT2D eigenvalue weighted by Crippen LogP contribution is -2.37. The average Bonchev–Trinajstić information content (AvgIpc) is 3.11. The molecule has 1 unspecified atom stereocenters. The Labute approximate surface area is 146 Å². The lowest BCUT2D eigenvalue weighted by Gasteiger charge is -2.34. The number of aromatic nitrogens is 5. The fourth-order valence-corrected chi connectivity index (χ4v) is 3.25. The number of alkyl halides is 3. The number of halogens is 3. The van der Waals surface area contributed by atoms with Crippen LogP contribution in [-0.4, -0.2) is 37.8 Å².